The van der Waals surface area contributed by atoms with Crippen molar-refractivity contribution in [1.82, 2.24) is 15.1 Å². The van der Waals surface area contributed by atoms with Crippen molar-refractivity contribution < 1.29 is 19.1 Å². The second kappa shape index (κ2) is 12.0. The number of amides is 3. The monoisotopic (exact) mass is 451 g/mol. The Balaban J connectivity index is 1.43. The van der Waals surface area contributed by atoms with Crippen molar-refractivity contribution >= 4 is 17.7 Å². The van der Waals surface area contributed by atoms with Gasteiger partial charge in [0.2, 0.25) is 11.8 Å². The maximum absolute atomic E-state index is 12.8. The lowest BCUT2D eigenvalue weighted by Crippen LogP contribution is -2.41. The van der Waals surface area contributed by atoms with Crippen LogP contribution in [0.15, 0.2) is 54.6 Å². The Morgan fingerprint density at radius 3 is 2.18 bits per heavy atom. The van der Waals surface area contributed by atoms with Gasteiger partial charge < -0.3 is 19.9 Å². The fourth-order valence-corrected chi connectivity index (χ4v) is 3.96. The molecule has 0 saturated carbocycles. The van der Waals surface area contributed by atoms with Crippen LogP contribution in [-0.2, 0) is 16.0 Å². The number of ether oxygens (including phenoxy) is 1. The van der Waals surface area contributed by atoms with Gasteiger partial charge in [-0.05, 0) is 49.6 Å². The van der Waals surface area contributed by atoms with Crippen LogP contribution in [0, 0.1) is 0 Å². The first kappa shape index (κ1) is 24.3. The lowest BCUT2D eigenvalue weighted by Gasteiger charge is -2.24. The molecule has 0 radical (unpaired) electrons. The molecule has 1 N–H and O–H groups in total. The van der Waals surface area contributed by atoms with Crippen molar-refractivity contribution in [3.63, 3.8) is 0 Å². The van der Waals surface area contributed by atoms with Gasteiger partial charge >= 0.3 is 0 Å². The Morgan fingerprint density at radius 1 is 0.909 bits per heavy atom. The van der Waals surface area contributed by atoms with Gasteiger partial charge in [-0.25, -0.2) is 0 Å². The van der Waals surface area contributed by atoms with Crippen molar-refractivity contribution in [1.29, 1.82) is 0 Å². The Hall–Kier alpha value is -3.35. The topological polar surface area (TPSA) is 79.0 Å². The highest BCUT2D eigenvalue weighted by atomic mass is 16.5. The molecule has 1 aliphatic rings. The second-order valence-electron chi connectivity index (χ2n) is 8.41. The van der Waals surface area contributed by atoms with Crippen LogP contribution < -0.4 is 10.1 Å². The SMILES string of the molecule is COc1ccc(CCC(=O)N2CCCN(C(=O)CC(C)NC(=O)c3ccccc3)CC2)cc1. The lowest BCUT2D eigenvalue weighted by molar-refractivity contribution is -0.133. The summed E-state index contributed by atoms with van der Waals surface area (Å²) in [5.41, 5.74) is 1.68. The quantitative estimate of drug-likeness (QED) is 0.669. The fraction of sp³-hybridized carbons (Fsp3) is 0.423. The summed E-state index contributed by atoms with van der Waals surface area (Å²) in [6.45, 7) is 4.18. The van der Waals surface area contributed by atoms with Crippen LogP contribution in [0.5, 0.6) is 5.75 Å². The third kappa shape index (κ3) is 7.34. The van der Waals surface area contributed by atoms with E-state index in [1.807, 2.05) is 59.2 Å². The van der Waals surface area contributed by atoms with Crippen molar-refractivity contribution in [2.24, 2.45) is 0 Å². The van der Waals surface area contributed by atoms with E-state index < -0.39 is 0 Å². The van der Waals surface area contributed by atoms with Crippen molar-refractivity contribution in [3.8, 4) is 5.75 Å². The number of hydrogen-bond acceptors (Lipinski definition) is 4. The van der Waals surface area contributed by atoms with Gasteiger partial charge in [0, 0.05) is 50.6 Å². The number of methoxy groups -OCH3 is 1. The van der Waals surface area contributed by atoms with E-state index >= 15 is 0 Å². The standard InChI is InChI=1S/C26H33N3O4/c1-20(27-26(32)22-7-4-3-5-8-22)19-25(31)29-16-6-15-28(17-18-29)24(30)14-11-21-9-12-23(33-2)13-10-21/h3-5,7-10,12-13,20H,6,11,14-19H2,1-2H3,(H,27,32). The molecule has 2 aromatic carbocycles. The maximum atomic E-state index is 12.8. The van der Waals surface area contributed by atoms with Gasteiger partial charge in [0.05, 0.1) is 7.11 Å². The average Bonchev–Trinajstić information content (AvgIpc) is 3.10. The molecular formula is C26H33N3O4. The van der Waals surface area contributed by atoms with Gasteiger partial charge in [-0.1, -0.05) is 30.3 Å². The molecule has 1 heterocycles. The molecule has 2 aromatic rings. The molecule has 3 amide bonds. The highest BCUT2D eigenvalue weighted by Crippen LogP contribution is 2.14. The van der Waals surface area contributed by atoms with Gasteiger partial charge in [-0.3, -0.25) is 14.4 Å². The molecule has 1 atom stereocenters. The number of benzene rings is 2. The summed E-state index contributed by atoms with van der Waals surface area (Å²) in [5.74, 6) is 0.740. The third-order valence-electron chi connectivity index (χ3n) is 5.88. The molecule has 7 nitrogen and oxygen atoms in total. The minimum Gasteiger partial charge on any atom is -0.497 e. The first-order valence-electron chi connectivity index (χ1n) is 11.5. The zero-order valence-electron chi connectivity index (χ0n) is 19.5. The summed E-state index contributed by atoms with van der Waals surface area (Å²) in [6.07, 6.45) is 2.12. The Morgan fingerprint density at radius 2 is 1.55 bits per heavy atom. The number of nitrogens with one attached hydrogen (secondary N) is 1. The van der Waals surface area contributed by atoms with Gasteiger partial charge in [0.25, 0.3) is 5.91 Å². The number of carbonyl (C=O) groups is 3. The molecule has 1 saturated heterocycles. The molecule has 1 aliphatic heterocycles. The number of hydrogen-bond donors (Lipinski definition) is 1. The van der Waals surface area contributed by atoms with Crippen LogP contribution >= 0.6 is 0 Å². The Labute approximate surface area is 195 Å². The number of nitrogens with zero attached hydrogens (tertiary/aromatic N) is 2. The van der Waals surface area contributed by atoms with Crippen LogP contribution in [0.4, 0.5) is 0 Å². The molecule has 1 unspecified atom stereocenters. The van der Waals surface area contributed by atoms with Gasteiger partial charge in [-0.15, -0.1) is 0 Å². The molecule has 33 heavy (non-hydrogen) atoms. The summed E-state index contributed by atoms with van der Waals surface area (Å²) >= 11 is 0. The van der Waals surface area contributed by atoms with Crippen LogP contribution in [-0.4, -0.2) is 66.9 Å². The summed E-state index contributed by atoms with van der Waals surface area (Å²) in [5, 5.41) is 2.89. The maximum Gasteiger partial charge on any atom is 0.251 e. The van der Waals surface area contributed by atoms with Crippen molar-refractivity contribution in [2.75, 3.05) is 33.3 Å². The number of rotatable bonds is 8. The molecule has 7 heteroatoms. The van der Waals surface area contributed by atoms with Crippen LogP contribution in [0.1, 0.15) is 42.1 Å². The predicted molar refractivity (Wildman–Crippen MR) is 127 cm³/mol. The Kier molecular flexibility index (Phi) is 8.87. The zero-order chi connectivity index (χ0) is 23.6. The highest BCUT2D eigenvalue weighted by Gasteiger charge is 2.23. The first-order chi connectivity index (χ1) is 16.0. The summed E-state index contributed by atoms with van der Waals surface area (Å²) in [4.78, 5) is 41.4. The largest absolute Gasteiger partial charge is 0.497 e. The minimum absolute atomic E-state index is 0.00314. The van der Waals surface area contributed by atoms with Crippen molar-refractivity contribution in [3.05, 3.63) is 65.7 Å². The molecule has 176 valence electrons. The molecule has 0 aliphatic carbocycles. The lowest BCUT2D eigenvalue weighted by atomic mass is 10.1. The zero-order valence-corrected chi connectivity index (χ0v) is 19.5. The van der Waals surface area contributed by atoms with E-state index in [9.17, 15) is 14.4 Å². The minimum atomic E-state index is -0.268. The van der Waals surface area contributed by atoms with Crippen LogP contribution in [0.2, 0.25) is 0 Å². The fourth-order valence-electron chi connectivity index (χ4n) is 3.96. The van der Waals surface area contributed by atoms with E-state index in [0.717, 1.165) is 17.7 Å². The van der Waals surface area contributed by atoms with Gasteiger partial charge in [-0.2, -0.15) is 0 Å². The predicted octanol–water partition coefficient (Wildman–Crippen LogP) is 2.90. The van der Waals surface area contributed by atoms with Gasteiger partial charge in [0.15, 0.2) is 0 Å². The van der Waals surface area contributed by atoms with E-state index in [4.69, 9.17) is 4.74 Å². The molecule has 0 bridgehead atoms. The van der Waals surface area contributed by atoms with E-state index in [-0.39, 0.29) is 30.2 Å². The molecule has 3 rings (SSSR count). The smallest absolute Gasteiger partial charge is 0.251 e. The summed E-state index contributed by atoms with van der Waals surface area (Å²) in [6, 6.07) is 16.5. The molecular weight excluding hydrogens is 418 g/mol. The van der Waals surface area contributed by atoms with E-state index in [2.05, 4.69) is 5.32 Å². The second-order valence-corrected chi connectivity index (χ2v) is 8.41. The van der Waals surface area contributed by atoms with E-state index in [0.29, 0.717) is 44.6 Å². The number of aryl methyl sites for hydroxylation is 1. The van der Waals surface area contributed by atoms with Crippen molar-refractivity contribution in [2.45, 2.75) is 38.6 Å². The van der Waals surface area contributed by atoms with Crippen LogP contribution in [0.3, 0.4) is 0 Å². The average molecular weight is 452 g/mol. The molecule has 0 spiro atoms. The van der Waals surface area contributed by atoms with Gasteiger partial charge in [0.1, 0.15) is 5.75 Å². The number of carbonyl (C=O) groups excluding carboxylic acids is 3. The molecule has 0 aromatic heterocycles. The highest BCUT2D eigenvalue weighted by molar-refractivity contribution is 5.94. The summed E-state index contributed by atoms with van der Waals surface area (Å²) in [7, 11) is 1.63. The van der Waals surface area contributed by atoms with E-state index in [1.165, 1.54) is 0 Å². The van der Waals surface area contributed by atoms with E-state index in [1.54, 1.807) is 19.2 Å². The molecule has 1 fully saturated rings. The summed E-state index contributed by atoms with van der Waals surface area (Å²) < 4.78 is 5.17. The van der Waals surface area contributed by atoms with Crippen LogP contribution in [0.25, 0.3) is 0 Å². The Bertz CT molecular complexity index is 930. The first-order valence-corrected chi connectivity index (χ1v) is 11.5. The normalized spacial score (nSPS) is 14.8. The third-order valence-corrected chi connectivity index (χ3v) is 5.88.